The summed E-state index contributed by atoms with van der Waals surface area (Å²) in [5.74, 6) is 0.420. The van der Waals surface area contributed by atoms with E-state index in [1.165, 1.54) is 13.2 Å². The maximum absolute atomic E-state index is 12.6. The number of carbonyl (C=O) groups is 2. The molecule has 0 spiro atoms. The fraction of sp³-hybridized carbons (Fsp3) is 0.179. The monoisotopic (exact) mass is 519 g/mol. The highest BCUT2D eigenvalue weighted by atomic mass is 35.5. The van der Waals surface area contributed by atoms with Crippen LogP contribution in [0.25, 0.3) is 6.08 Å². The molecule has 0 aliphatic rings. The van der Waals surface area contributed by atoms with E-state index in [2.05, 4.69) is 10.6 Å². The Morgan fingerprint density at radius 2 is 1.70 bits per heavy atom. The lowest BCUT2D eigenvalue weighted by atomic mass is 10.1. The van der Waals surface area contributed by atoms with Crippen LogP contribution in [0.15, 0.2) is 66.2 Å². The first-order valence-corrected chi connectivity index (χ1v) is 11.7. The highest BCUT2D eigenvalue weighted by molar-refractivity contribution is 6.31. The van der Waals surface area contributed by atoms with Crippen molar-refractivity contribution < 1.29 is 23.8 Å². The van der Waals surface area contributed by atoms with E-state index in [4.69, 9.17) is 25.8 Å². The Balaban J connectivity index is 1.65. The molecule has 0 bridgehead atoms. The topological polar surface area (TPSA) is 110 Å². The molecule has 0 aromatic heterocycles. The zero-order chi connectivity index (χ0) is 26.8. The van der Waals surface area contributed by atoms with E-state index in [1.807, 2.05) is 26.0 Å². The minimum absolute atomic E-state index is 0.0965. The number of benzene rings is 3. The van der Waals surface area contributed by atoms with Crippen LogP contribution in [0.2, 0.25) is 5.02 Å². The summed E-state index contributed by atoms with van der Waals surface area (Å²) in [4.78, 5) is 24.9. The average Bonchev–Trinajstić information content (AvgIpc) is 2.89. The minimum Gasteiger partial charge on any atom is -0.494 e. The molecule has 8 nitrogen and oxygen atoms in total. The van der Waals surface area contributed by atoms with Gasteiger partial charge in [0.15, 0.2) is 18.1 Å². The van der Waals surface area contributed by atoms with Crippen LogP contribution in [0.3, 0.4) is 0 Å². The highest BCUT2D eigenvalue weighted by Gasteiger charge is 2.13. The summed E-state index contributed by atoms with van der Waals surface area (Å²) < 4.78 is 16.4. The fourth-order valence-electron chi connectivity index (χ4n) is 3.22. The SMILES string of the molecule is CCOc1ccc(NC(=O)/C(C#N)=C/c2ccc(OCC(=O)Nc3ccc(C)c(Cl)c3)c(OC)c2)cc1. The Labute approximate surface area is 220 Å². The van der Waals surface area contributed by atoms with Crippen molar-refractivity contribution >= 4 is 40.9 Å². The highest BCUT2D eigenvalue weighted by Crippen LogP contribution is 2.29. The lowest BCUT2D eigenvalue weighted by Crippen LogP contribution is -2.20. The van der Waals surface area contributed by atoms with Crippen LogP contribution in [0.4, 0.5) is 11.4 Å². The van der Waals surface area contributed by atoms with Gasteiger partial charge in [0.05, 0.1) is 13.7 Å². The second-order valence-corrected chi connectivity index (χ2v) is 8.20. The molecule has 3 aromatic carbocycles. The second-order valence-electron chi connectivity index (χ2n) is 7.79. The van der Waals surface area contributed by atoms with Crippen LogP contribution in [0.5, 0.6) is 17.2 Å². The maximum atomic E-state index is 12.6. The van der Waals surface area contributed by atoms with E-state index in [1.54, 1.807) is 54.6 Å². The summed E-state index contributed by atoms with van der Waals surface area (Å²) in [5, 5.41) is 15.5. The van der Waals surface area contributed by atoms with Gasteiger partial charge < -0.3 is 24.8 Å². The van der Waals surface area contributed by atoms with Crippen LogP contribution < -0.4 is 24.8 Å². The van der Waals surface area contributed by atoms with Gasteiger partial charge in [0.2, 0.25) is 0 Å². The number of nitriles is 1. The van der Waals surface area contributed by atoms with Gasteiger partial charge in [-0.2, -0.15) is 5.26 Å². The average molecular weight is 520 g/mol. The standard InChI is InChI=1S/C28H26ClN3O5/c1-4-36-23-10-8-21(9-11-23)32-28(34)20(16-30)13-19-6-12-25(26(14-19)35-3)37-17-27(33)31-22-7-5-18(2)24(29)15-22/h5-15H,4,17H2,1-3H3,(H,31,33)(H,32,34)/b20-13+. The molecule has 3 rings (SSSR count). The van der Waals surface area contributed by atoms with E-state index in [-0.39, 0.29) is 18.1 Å². The second kappa shape index (κ2) is 13.0. The Morgan fingerprint density at radius 1 is 0.973 bits per heavy atom. The lowest BCUT2D eigenvalue weighted by molar-refractivity contribution is -0.118. The first-order chi connectivity index (χ1) is 17.8. The molecule has 2 amide bonds. The molecule has 0 heterocycles. The summed E-state index contributed by atoms with van der Waals surface area (Å²) in [6.45, 7) is 4.03. The number of nitrogens with zero attached hydrogens (tertiary/aromatic N) is 1. The Hall–Kier alpha value is -4.48. The molecule has 3 aromatic rings. The number of aryl methyl sites for hydroxylation is 1. The summed E-state index contributed by atoms with van der Waals surface area (Å²) in [7, 11) is 1.45. The molecule has 0 saturated carbocycles. The van der Waals surface area contributed by atoms with Crippen molar-refractivity contribution in [2.75, 3.05) is 31.0 Å². The van der Waals surface area contributed by atoms with Crippen LogP contribution in [0, 0.1) is 18.3 Å². The number of carbonyl (C=O) groups excluding carboxylic acids is 2. The summed E-state index contributed by atoms with van der Waals surface area (Å²) >= 11 is 6.09. The first-order valence-electron chi connectivity index (χ1n) is 11.4. The Morgan fingerprint density at radius 3 is 2.35 bits per heavy atom. The minimum atomic E-state index is -0.557. The van der Waals surface area contributed by atoms with Gasteiger partial charge in [-0.05, 0) is 79.6 Å². The molecule has 190 valence electrons. The predicted octanol–water partition coefficient (Wildman–Crippen LogP) is 5.62. The summed E-state index contributed by atoms with van der Waals surface area (Å²) in [6.07, 6.45) is 1.43. The van der Waals surface area contributed by atoms with Gasteiger partial charge in [-0.3, -0.25) is 9.59 Å². The Bertz CT molecular complexity index is 1350. The number of anilines is 2. The van der Waals surface area contributed by atoms with Gasteiger partial charge >= 0.3 is 0 Å². The van der Waals surface area contributed by atoms with E-state index in [9.17, 15) is 14.9 Å². The molecule has 37 heavy (non-hydrogen) atoms. The van der Waals surface area contributed by atoms with Gasteiger partial charge in [-0.25, -0.2) is 0 Å². The van der Waals surface area contributed by atoms with Crippen LogP contribution >= 0.6 is 11.6 Å². The quantitative estimate of drug-likeness (QED) is 0.266. The molecule has 0 saturated heterocycles. The Kier molecular flexibility index (Phi) is 9.53. The zero-order valence-corrected chi connectivity index (χ0v) is 21.4. The first kappa shape index (κ1) is 27.1. The number of nitrogens with one attached hydrogen (secondary N) is 2. The molecule has 0 unspecified atom stereocenters. The number of hydrogen-bond donors (Lipinski definition) is 2. The normalized spacial score (nSPS) is 10.7. The summed E-state index contributed by atoms with van der Waals surface area (Å²) in [5.41, 5.74) is 2.44. The van der Waals surface area contributed by atoms with Gasteiger partial charge in [0.25, 0.3) is 11.8 Å². The van der Waals surface area contributed by atoms with Crippen molar-refractivity contribution in [3.63, 3.8) is 0 Å². The van der Waals surface area contributed by atoms with Crippen molar-refractivity contribution in [1.82, 2.24) is 0 Å². The molecule has 0 radical (unpaired) electrons. The molecular formula is C28H26ClN3O5. The van der Waals surface area contributed by atoms with Crippen molar-refractivity contribution in [3.8, 4) is 23.3 Å². The number of hydrogen-bond acceptors (Lipinski definition) is 6. The fourth-order valence-corrected chi connectivity index (χ4v) is 3.40. The summed E-state index contributed by atoms with van der Waals surface area (Å²) in [6, 6.07) is 18.8. The van der Waals surface area contributed by atoms with Gasteiger partial charge in [-0.1, -0.05) is 23.7 Å². The smallest absolute Gasteiger partial charge is 0.266 e. The van der Waals surface area contributed by atoms with Crippen molar-refractivity contribution in [1.29, 1.82) is 5.26 Å². The van der Waals surface area contributed by atoms with Crippen LogP contribution in [0.1, 0.15) is 18.1 Å². The molecule has 0 aliphatic heterocycles. The van der Waals surface area contributed by atoms with Gasteiger partial charge in [0.1, 0.15) is 17.4 Å². The van der Waals surface area contributed by atoms with Crippen molar-refractivity contribution in [2.45, 2.75) is 13.8 Å². The van der Waals surface area contributed by atoms with Crippen molar-refractivity contribution in [3.05, 3.63) is 82.4 Å². The number of ether oxygens (including phenoxy) is 3. The third kappa shape index (κ3) is 7.75. The third-order valence-corrected chi connectivity index (χ3v) is 5.51. The third-order valence-electron chi connectivity index (χ3n) is 5.10. The van der Waals surface area contributed by atoms with Crippen LogP contribution in [-0.4, -0.2) is 32.1 Å². The molecule has 2 N–H and O–H groups in total. The van der Waals surface area contributed by atoms with E-state index >= 15 is 0 Å². The van der Waals surface area contributed by atoms with Crippen LogP contribution in [-0.2, 0) is 9.59 Å². The molecule has 0 fully saturated rings. The number of amides is 2. The molecular weight excluding hydrogens is 494 g/mol. The number of rotatable bonds is 10. The largest absolute Gasteiger partial charge is 0.494 e. The van der Waals surface area contributed by atoms with E-state index in [0.717, 1.165) is 5.56 Å². The molecule has 0 aliphatic carbocycles. The van der Waals surface area contributed by atoms with Crippen molar-refractivity contribution in [2.24, 2.45) is 0 Å². The molecule has 9 heteroatoms. The van der Waals surface area contributed by atoms with Gasteiger partial charge in [-0.15, -0.1) is 0 Å². The lowest BCUT2D eigenvalue weighted by Gasteiger charge is -2.12. The number of methoxy groups -OCH3 is 1. The van der Waals surface area contributed by atoms with E-state index < -0.39 is 5.91 Å². The predicted molar refractivity (Wildman–Crippen MR) is 143 cm³/mol. The maximum Gasteiger partial charge on any atom is 0.266 e. The zero-order valence-electron chi connectivity index (χ0n) is 20.6. The number of halogens is 1. The van der Waals surface area contributed by atoms with E-state index in [0.29, 0.717) is 45.8 Å². The molecule has 0 atom stereocenters. The van der Waals surface area contributed by atoms with Gasteiger partial charge in [0, 0.05) is 16.4 Å².